The van der Waals surface area contributed by atoms with Crippen LogP contribution in [-0.2, 0) is 10.0 Å². The van der Waals surface area contributed by atoms with Crippen molar-refractivity contribution in [2.24, 2.45) is 0 Å². The van der Waals surface area contributed by atoms with E-state index in [1.165, 1.54) is 31.2 Å². The van der Waals surface area contributed by atoms with E-state index in [0.717, 1.165) is 25.2 Å². The molecule has 0 aliphatic heterocycles. The van der Waals surface area contributed by atoms with Gasteiger partial charge in [0.25, 0.3) is 10.0 Å². The topological polar surface area (TPSA) is 54.5 Å². The van der Waals surface area contributed by atoms with Crippen LogP contribution in [0.2, 0.25) is 0 Å². The number of benzene rings is 2. The van der Waals surface area contributed by atoms with Gasteiger partial charge in [-0.3, -0.25) is 9.10 Å². The number of rotatable bonds is 4. The maximum absolute atomic E-state index is 13.8. The summed E-state index contributed by atoms with van der Waals surface area (Å²) in [4.78, 5) is 11.1. The van der Waals surface area contributed by atoms with Crippen LogP contribution in [0.3, 0.4) is 0 Å². The lowest BCUT2D eigenvalue weighted by Gasteiger charge is -2.20. The molecular formula is C15H13F2NO3S. The highest BCUT2D eigenvalue weighted by atomic mass is 32.2. The van der Waals surface area contributed by atoms with Crippen LogP contribution in [0.4, 0.5) is 14.5 Å². The molecule has 0 saturated heterocycles. The Morgan fingerprint density at radius 3 is 2.14 bits per heavy atom. The summed E-state index contributed by atoms with van der Waals surface area (Å²) >= 11 is 0. The van der Waals surface area contributed by atoms with Crippen LogP contribution in [0.1, 0.15) is 17.3 Å². The average molecular weight is 325 g/mol. The molecule has 0 fully saturated rings. The highest BCUT2D eigenvalue weighted by molar-refractivity contribution is 7.92. The van der Waals surface area contributed by atoms with E-state index in [-0.39, 0.29) is 16.2 Å². The molecule has 0 heterocycles. The van der Waals surface area contributed by atoms with Crippen LogP contribution in [0, 0.1) is 11.6 Å². The standard InChI is InChI=1S/C15H13F2NO3S/c1-10(19)11-5-3-6-12(9-11)22(20,21)18(2)15-13(16)7-4-8-14(15)17/h3-9H,1-2H3. The molecular weight excluding hydrogens is 312 g/mol. The fourth-order valence-electron chi connectivity index (χ4n) is 1.94. The predicted octanol–water partition coefficient (Wildman–Crippen LogP) is 2.99. The minimum Gasteiger partial charge on any atom is -0.295 e. The molecule has 0 N–H and O–H groups in total. The van der Waals surface area contributed by atoms with Crippen LogP contribution >= 0.6 is 0 Å². The molecule has 0 saturated carbocycles. The third-order valence-electron chi connectivity index (χ3n) is 3.15. The van der Waals surface area contributed by atoms with E-state index in [2.05, 4.69) is 0 Å². The van der Waals surface area contributed by atoms with Gasteiger partial charge in [0, 0.05) is 12.6 Å². The Balaban J connectivity index is 2.55. The molecule has 2 rings (SSSR count). The molecule has 0 atom stereocenters. The van der Waals surface area contributed by atoms with Gasteiger partial charge in [-0.1, -0.05) is 18.2 Å². The lowest BCUT2D eigenvalue weighted by atomic mass is 10.2. The normalized spacial score (nSPS) is 11.3. The zero-order valence-electron chi connectivity index (χ0n) is 11.9. The number of ketones is 1. The summed E-state index contributed by atoms with van der Waals surface area (Å²) in [5, 5.41) is 0. The van der Waals surface area contributed by atoms with Crippen molar-refractivity contribution in [1.82, 2.24) is 0 Å². The zero-order valence-corrected chi connectivity index (χ0v) is 12.7. The predicted molar refractivity (Wildman–Crippen MR) is 78.4 cm³/mol. The molecule has 0 amide bonds. The van der Waals surface area contributed by atoms with Gasteiger partial charge in [0.1, 0.15) is 5.69 Å². The van der Waals surface area contributed by atoms with Gasteiger partial charge in [-0.25, -0.2) is 17.2 Å². The molecule has 22 heavy (non-hydrogen) atoms. The first-order valence-electron chi connectivity index (χ1n) is 6.29. The Hall–Kier alpha value is -2.28. The lowest BCUT2D eigenvalue weighted by Crippen LogP contribution is -2.28. The highest BCUT2D eigenvalue weighted by Crippen LogP contribution is 2.27. The summed E-state index contributed by atoms with van der Waals surface area (Å²) in [7, 11) is -3.14. The fourth-order valence-corrected chi connectivity index (χ4v) is 3.20. The fraction of sp³-hybridized carbons (Fsp3) is 0.133. The minimum atomic E-state index is -4.19. The van der Waals surface area contributed by atoms with E-state index in [1.54, 1.807) is 0 Å². The summed E-state index contributed by atoms with van der Waals surface area (Å²) in [5.41, 5.74) is -0.473. The number of sulfonamides is 1. The Morgan fingerprint density at radius 2 is 1.59 bits per heavy atom. The van der Waals surface area contributed by atoms with Crippen molar-refractivity contribution in [3.05, 3.63) is 59.7 Å². The summed E-state index contributed by atoms with van der Waals surface area (Å²) in [6.45, 7) is 1.30. The van der Waals surface area contributed by atoms with Crippen LogP contribution in [0.15, 0.2) is 47.4 Å². The van der Waals surface area contributed by atoms with E-state index < -0.39 is 27.3 Å². The van der Waals surface area contributed by atoms with Crippen molar-refractivity contribution in [2.45, 2.75) is 11.8 Å². The summed E-state index contributed by atoms with van der Waals surface area (Å²) in [5.74, 6) is -2.29. The Morgan fingerprint density at radius 1 is 1.05 bits per heavy atom. The van der Waals surface area contributed by atoms with Gasteiger partial charge in [-0.2, -0.15) is 0 Å². The van der Waals surface area contributed by atoms with Crippen molar-refractivity contribution in [3.8, 4) is 0 Å². The van der Waals surface area contributed by atoms with E-state index in [1.807, 2.05) is 0 Å². The van der Waals surface area contributed by atoms with Gasteiger partial charge in [0.2, 0.25) is 0 Å². The van der Waals surface area contributed by atoms with Crippen molar-refractivity contribution >= 4 is 21.5 Å². The van der Waals surface area contributed by atoms with Crippen LogP contribution in [0.5, 0.6) is 0 Å². The van der Waals surface area contributed by atoms with E-state index in [9.17, 15) is 22.0 Å². The Labute approximate surface area is 127 Å². The van der Waals surface area contributed by atoms with Crippen molar-refractivity contribution in [1.29, 1.82) is 0 Å². The van der Waals surface area contributed by atoms with Crippen molar-refractivity contribution < 1.29 is 22.0 Å². The number of hydrogen-bond donors (Lipinski definition) is 0. The monoisotopic (exact) mass is 325 g/mol. The van der Waals surface area contributed by atoms with Gasteiger partial charge in [-0.15, -0.1) is 0 Å². The first kappa shape index (κ1) is 16.1. The number of halogens is 2. The molecule has 4 nitrogen and oxygen atoms in total. The molecule has 0 radical (unpaired) electrons. The lowest BCUT2D eigenvalue weighted by molar-refractivity contribution is 0.101. The summed E-state index contributed by atoms with van der Waals surface area (Å²) in [6.07, 6.45) is 0. The summed E-state index contributed by atoms with van der Waals surface area (Å²) in [6, 6.07) is 8.38. The van der Waals surface area contributed by atoms with Gasteiger partial charge in [-0.05, 0) is 31.2 Å². The maximum atomic E-state index is 13.8. The second-order valence-corrected chi connectivity index (χ2v) is 6.60. The van der Waals surface area contributed by atoms with E-state index in [0.29, 0.717) is 4.31 Å². The quantitative estimate of drug-likeness (QED) is 0.812. The number of anilines is 1. The molecule has 0 aromatic heterocycles. The first-order valence-corrected chi connectivity index (χ1v) is 7.73. The SMILES string of the molecule is CC(=O)c1cccc(S(=O)(=O)N(C)c2c(F)cccc2F)c1. The second kappa shape index (κ2) is 5.84. The van der Waals surface area contributed by atoms with Crippen molar-refractivity contribution in [3.63, 3.8) is 0 Å². The number of carbonyl (C=O) groups excluding carboxylic acids is 1. The zero-order chi connectivity index (χ0) is 16.5. The minimum absolute atomic E-state index is 0.198. The third-order valence-corrected chi connectivity index (χ3v) is 4.90. The Bertz CT molecular complexity index is 814. The largest absolute Gasteiger partial charge is 0.295 e. The molecule has 2 aromatic rings. The average Bonchev–Trinajstić information content (AvgIpc) is 2.47. The molecule has 0 aliphatic rings. The molecule has 2 aromatic carbocycles. The number of carbonyl (C=O) groups is 1. The molecule has 116 valence electrons. The molecule has 0 spiro atoms. The maximum Gasteiger partial charge on any atom is 0.264 e. The molecule has 7 heteroatoms. The van der Waals surface area contributed by atoms with E-state index in [4.69, 9.17) is 0 Å². The van der Waals surface area contributed by atoms with Crippen LogP contribution < -0.4 is 4.31 Å². The third kappa shape index (κ3) is 2.85. The number of para-hydroxylation sites is 1. The first-order chi connectivity index (χ1) is 10.2. The van der Waals surface area contributed by atoms with Gasteiger partial charge in [0.05, 0.1) is 4.90 Å². The highest BCUT2D eigenvalue weighted by Gasteiger charge is 2.26. The smallest absolute Gasteiger partial charge is 0.264 e. The Kier molecular flexibility index (Phi) is 4.27. The van der Waals surface area contributed by atoms with Crippen molar-refractivity contribution in [2.75, 3.05) is 11.4 Å². The van der Waals surface area contributed by atoms with Gasteiger partial charge < -0.3 is 0 Å². The summed E-state index contributed by atoms with van der Waals surface area (Å²) < 4.78 is 53.0. The molecule has 0 bridgehead atoms. The molecule has 0 aliphatic carbocycles. The second-order valence-electron chi connectivity index (χ2n) is 4.63. The number of nitrogens with zero attached hydrogens (tertiary/aromatic N) is 1. The van der Waals surface area contributed by atoms with Crippen LogP contribution in [0.25, 0.3) is 0 Å². The van der Waals surface area contributed by atoms with Crippen LogP contribution in [-0.4, -0.2) is 21.2 Å². The van der Waals surface area contributed by atoms with E-state index >= 15 is 0 Å². The van der Waals surface area contributed by atoms with Gasteiger partial charge >= 0.3 is 0 Å². The molecule has 0 unspecified atom stereocenters. The number of Topliss-reactive ketones (excluding diaryl/α,β-unsaturated/α-hetero) is 1. The van der Waals surface area contributed by atoms with Gasteiger partial charge in [0.15, 0.2) is 17.4 Å². The number of hydrogen-bond acceptors (Lipinski definition) is 3.